The molecule has 0 heterocycles. The molecule has 2 rings (SSSR count). The summed E-state index contributed by atoms with van der Waals surface area (Å²) in [4.78, 5) is 11.6. The van der Waals surface area contributed by atoms with Crippen LogP contribution >= 0.6 is 11.6 Å². The first-order valence-corrected chi connectivity index (χ1v) is 7.37. The highest BCUT2D eigenvalue weighted by molar-refractivity contribution is 6.30. The van der Waals surface area contributed by atoms with E-state index in [0.717, 1.165) is 12.3 Å². The Hall–Kier alpha value is -1.29. The summed E-state index contributed by atoms with van der Waals surface area (Å²) in [6.07, 6.45) is 6.22. The summed E-state index contributed by atoms with van der Waals surface area (Å²) in [5, 5.41) is 2.82. The van der Waals surface area contributed by atoms with Crippen molar-refractivity contribution in [2.75, 3.05) is 13.2 Å². The first kappa shape index (κ1) is 15.1. The minimum atomic E-state index is -0.500. The van der Waals surface area contributed by atoms with E-state index in [0.29, 0.717) is 12.3 Å². The third kappa shape index (κ3) is 4.67. The van der Waals surface area contributed by atoms with Gasteiger partial charge in [0.1, 0.15) is 11.6 Å². The number of halogens is 2. The molecule has 1 aromatic carbocycles. The van der Waals surface area contributed by atoms with Gasteiger partial charge in [0.15, 0.2) is 6.61 Å². The van der Waals surface area contributed by atoms with Crippen LogP contribution in [0.25, 0.3) is 0 Å². The molecule has 1 aromatic rings. The van der Waals surface area contributed by atoms with Gasteiger partial charge in [0.25, 0.3) is 5.91 Å². The van der Waals surface area contributed by atoms with Gasteiger partial charge in [-0.1, -0.05) is 37.3 Å². The number of rotatable bonds is 6. The molecule has 20 heavy (non-hydrogen) atoms. The summed E-state index contributed by atoms with van der Waals surface area (Å²) in [7, 11) is 0. The monoisotopic (exact) mass is 299 g/mol. The van der Waals surface area contributed by atoms with E-state index >= 15 is 0 Å². The van der Waals surface area contributed by atoms with Crippen LogP contribution in [0.3, 0.4) is 0 Å². The summed E-state index contributed by atoms with van der Waals surface area (Å²) in [5.74, 6) is 0.484. The van der Waals surface area contributed by atoms with Gasteiger partial charge >= 0.3 is 0 Å². The minimum absolute atomic E-state index is 0.0101. The largest absolute Gasteiger partial charge is 0.484 e. The number of hydrogen-bond donors (Lipinski definition) is 1. The lowest BCUT2D eigenvalue weighted by molar-refractivity contribution is -0.123. The van der Waals surface area contributed by atoms with Crippen molar-refractivity contribution in [3.8, 4) is 5.75 Å². The van der Waals surface area contributed by atoms with Gasteiger partial charge in [-0.2, -0.15) is 0 Å². The Morgan fingerprint density at radius 3 is 2.85 bits per heavy atom. The second-order valence-corrected chi connectivity index (χ2v) is 5.56. The fraction of sp³-hybridized carbons (Fsp3) is 0.533. The van der Waals surface area contributed by atoms with Crippen molar-refractivity contribution in [3.63, 3.8) is 0 Å². The molecule has 1 amide bonds. The maximum absolute atomic E-state index is 12.9. The predicted molar refractivity (Wildman–Crippen MR) is 76.5 cm³/mol. The molecule has 0 radical (unpaired) electrons. The lowest BCUT2D eigenvalue weighted by atomic mass is 10.0. The van der Waals surface area contributed by atoms with Crippen LogP contribution in [-0.2, 0) is 4.79 Å². The number of amides is 1. The molecule has 0 atom stereocenters. The molecule has 1 N–H and O–H groups in total. The lowest BCUT2D eigenvalue weighted by Gasteiger charge is -2.10. The van der Waals surface area contributed by atoms with E-state index in [2.05, 4.69) is 5.32 Å². The number of hydrogen-bond acceptors (Lipinski definition) is 2. The standard InChI is InChI=1S/C15H19ClFNO2/c16-13-9-12(5-6-14(13)17)20-10-15(19)18-8-7-11-3-1-2-4-11/h5-6,9,11H,1-4,7-8,10H2,(H,18,19). The summed E-state index contributed by atoms with van der Waals surface area (Å²) >= 11 is 5.63. The van der Waals surface area contributed by atoms with E-state index in [4.69, 9.17) is 16.3 Å². The molecule has 0 aromatic heterocycles. The Labute approximate surface area is 123 Å². The Bertz CT molecular complexity index is 461. The smallest absolute Gasteiger partial charge is 0.257 e. The number of benzene rings is 1. The normalized spacial score (nSPS) is 15.3. The van der Waals surface area contributed by atoms with Crippen molar-refractivity contribution in [1.29, 1.82) is 0 Å². The fourth-order valence-electron chi connectivity index (χ4n) is 2.48. The van der Waals surface area contributed by atoms with Gasteiger partial charge in [-0.05, 0) is 24.5 Å². The van der Waals surface area contributed by atoms with Gasteiger partial charge in [0.05, 0.1) is 5.02 Å². The quantitative estimate of drug-likeness (QED) is 0.872. The zero-order valence-corrected chi connectivity index (χ0v) is 12.1. The molecule has 0 bridgehead atoms. The van der Waals surface area contributed by atoms with Gasteiger partial charge in [0, 0.05) is 12.6 Å². The van der Waals surface area contributed by atoms with Gasteiger partial charge in [-0.15, -0.1) is 0 Å². The van der Waals surface area contributed by atoms with E-state index in [1.165, 1.54) is 43.9 Å². The highest BCUT2D eigenvalue weighted by Crippen LogP contribution is 2.26. The average molecular weight is 300 g/mol. The maximum atomic E-state index is 12.9. The number of carbonyl (C=O) groups excluding carboxylic acids is 1. The third-order valence-electron chi connectivity index (χ3n) is 3.61. The molecule has 1 fully saturated rings. The van der Waals surface area contributed by atoms with Crippen LogP contribution in [0.1, 0.15) is 32.1 Å². The Kier molecular flexibility index (Phi) is 5.65. The van der Waals surface area contributed by atoms with E-state index in [-0.39, 0.29) is 17.5 Å². The molecule has 110 valence electrons. The van der Waals surface area contributed by atoms with Crippen LogP contribution in [0.4, 0.5) is 4.39 Å². The molecule has 3 nitrogen and oxygen atoms in total. The van der Waals surface area contributed by atoms with Gasteiger partial charge in [-0.3, -0.25) is 4.79 Å². The van der Waals surface area contributed by atoms with Crippen LogP contribution in [0.15, 0.2) is 18.2 Å². The molecule has 0 spiro atoms. The maximum Gasteiger partial charge on any atom is 0.257 e. The summed E-state index contributed by atoms with van der Waals surface area (Å²) in [6.45, 7) is 0.615. The zero-order valence-electron chi connectivity index (χ0n) is 11.3. The van der Waals surface area contributed by atoms with Crippen LogP contribution in [0.5, 0.6) is 5.75 Å². The molecule has 0 unspecified atom stereocenters. The Morgan fingerprint density at radius 1 is 1.40 bits per heavy atom. The van der Waals surface area contributed by atoms with E-state index in [1.54, 1.807) is 0 Å². The SMILES string of the molecule is O=C(COc1ccc(F)c(Cl)c1)NCCC1CCCC1. The second kappa shape index (κ2) is 7.48. The minimum Gasteiger partial charge on any atom is -0.484 e. The van der Waals surface area contributed by atoms with Crippen molar-refractivity contribution in [1.82, 2.24) is 5.32 Å². The topological polar surface area (TPSA) is 38.3 Å². The third-order valence-corrected chi connectivity index (χ3v) is 3.90. The Morgan fingerprint density at radius 2 is 2.15 bits per heavy atom. The summed E-state index contributed by atoms with van der Waals surface area (Å²) in [6, 6.07) is 4.03. The van der Waals surface area contributed by atoms with E-state index in [9.17, 15) is 9.18 Å². The van der Waals surface area contributed by atoms with Crippen molar-refractivity contribution < 1.29 is 13.9 Å². The fourth-order valence-corrected chi connectivity index (χ4v) is 2.65. The molecular weight excluding hydrogens is 281 g/mol. The molecule has 1 aliphatic carbocycles. The molecule has 1 aliphatic rings. The van der Waals surface area contributed by atoms with Crippen LogP contribution in [-0.4, -0.2) is 19.1 Å². The highest BCUT2D eigenvalue weighted by Gasteiger charge is 2.14. The van der Waals surface area contributed by atoms with Crippen molar-refractivity contribution >= 4 is 17.5 Å². The van der Waals surface area contributed by atoms with E-state index < -0.39 is 5.82 Å². The number of carbonyl (C=O) groups is 1. The molecule has 1 saturated carbocycles. The Balaban J connectivity index is 1.65. The summed E-state index contributed by atoms with van der Waals surface area (Å²) in [5.41, 5.74) is 0. The lowest BCUT2D eigenvalue weighted by Crippen LogP contribution is -2.30. The van der Waals surface area contributed by atoms with Gasteiger partial charge < -0.3 is 10.1 Å². The van der Waals surface area contributed by atoms with Crippen LogP contribution < -0.4 is 10.1 Å². The van der Waals surface area contributed by atoms with Gasteiger partial charge in [0.2, 0.25) is 0 Å². The van der Waals surface area contributed by atoms with Crippen molar-refractivity contribution in [2.45, 2.75) is 32.1 Å². The molecule has 5 heteroatoms. The molecular formula is C15H19ClFNO2. The first-order valence-electron chi connectivity index (χ1n) is 6.99. The zero-order chi connectivity index (χ0) is 14.4. The van der Waals surface area contributed by atoms with Crippen LogP contribution in [0.2, 0.25) is 5.02 Å². The van der Waals surface area contributed by atoms with Gasteiger partial charge in [-0.25, -0.2) is 4.39 Å². The number of ether oxygens (including phenoxy) is 1. The molecule has 0 aliphatic heterocycles. The molecule has 0 saturated heterocycles. The number of nitrogens with one attached hydrogen (secondary N) is 1. The predicted octanol–water partition coefficient (Wildman–Crippen LogP) is 3.55. The van der Waals surface area contributed by atoms with E-state index in [1.807, 2.05) is 0 Å². The average Bonchev–Trinajstić information content (AvgIpc) is 2.93. The second-order valence-electron chi connectivity index (χ2n) is 5.15. The summed E-state index contributed by atoms with van der Waals surface area (Å²) < 4.78 is 18.2. The highest BCUT2D eigenvalue weighted by atomic mass is 35.5. The van der Waals surface area contributed by atoms with Crippen LogP contribution in [0, 0.1) is 11.7 Å². The first-order chi connectivity index (χ1) is 9.65. The van der Waals surface area contributed by atoms with Crippen molar-refractivity contribution in [3.05, 3.63) is 29.0 Å². The van der Waals surface area contributed by atoms with Crippen molar-refractivity contribution in [2.24, 2.45) is 5.92 Å².